The Kier molecular flexibility index (Phi) is 5.99. The van der Waals surface area contributed by atoms with Gasteiger partial charge in [-0.05, 0) is 24.3 Å². The van der Waals surface area contributed by atoms with E-state index in [-0.39, 0.29) is 17.9 Å². The minimum absolute atomic E-state index is 0.129. The lowest BCUT2D eigenvalue weighted by atomic mass is 10.0. The van der Waals surface area contributed by atoms with Crippen molar-refractivity contribution in [2.75, 3.05) is 13.1 Å². The van der Waals surface area contributed by atoms with Gasteiger partial charge >= 0.3 is 0 Å². The van der Waals surface area contributed by atoms with E-state index in [1.54, 1.807) is 0 Å². The summed E-state index contributed by atoms with van der Waals surface area (Å²) in [6, 6.07) is 10.1. The molecule has 0 atom stereocenters. The maximum Gasteiger partial charge on any atom is 0.226 e. The molecule has 2 amide bonds. The number of piperidine rings is 1. The van der Waals surface area contributed by atoms with Crippen LogP contribution in [0.1, 0.15) is 38.7 Å². The number of carbonyl (C=O) groups is 2. The maximum absolute atomic E-state index is 12.3. The van der Waals surface area contributed by atoms with Gasteiger partial charge in [-0.1, -0.05) is 44.2 Å². The molecule has 120 valence electrons. The Bertz CT molecular complexity index is 491. The highest BCUT2D eigenvalue weighted by Gasteiger charge is 2.23. The van der Waals surface area contributed by atoms with Crippen molar-refractivity contribution in [2.45, 2.75) is 45.6 Å². The van der Waals surface area contributed by atoms with E-state index in [9.17, 15) is 9.59 Å². The summed E-state index contributed by atoms with van der Waals surface area (Å²) >= 11 is 0. The normalized spacial score (nSPS) is 15.9. The van der Waals surface area contributed by atoms with E-state index >= 15 is 0 Å². The van der Waals surface area contributed by atoms with E-state index in [2.05, 4.69) is 5.32 Å². The van der Waals surface area contributed by atoms with E-state index in [1.165, 1.54) is 0 Å². The fraction of sp³-hybridized carbons (Fsp3) is 0.556. The van der Waals surface area contributed by atoms with Crippen molar-refractivity contribution in [1.29, 1.82) is 0 Å². The average molecular weight is 302 g/mol. The molecule has 0 radical (unpaired) electrons. The quantitative estimate of drug-likeness (QED) is 0.908. The Balaban J connectivity index is 1.75. The van der Waals surface area contributed by atoms with E-state index in [0.29, 0.717) is 18.8 Å². The number of nitrogens with zero attached hydrogens (tertiary/aromatic N) is 1. The van der Waals surface area contributed by atoms with Gasteiger partial charge in [0.25, 0.3) is 0 Å². The maximum atomic E-state index is 12.3. The zero-order valence-corrected chi connectivity index (χ0v) is 13.5. The molecule has 0 saturated carbocycles. The molecular formula is C18H26N2O2. The van der Waals surface area contributed by atoms with Crippen LogP contribution in [0.4, 0.5) is 0 Å². The molecule has 4 nitrogen and oxygen atoms in total. The predicted octanol–water partition coefficient (Wildman–Crippen LogP) is 2.38. The largest absolute Gasteiger partial charge is 0.353 e. The number of rotatable bonds is 5. The summed E-state index contributed by atoms with van der Waals surface area (Å²) in [6.45, 7) is 5.56. The first-order valence-corrected chi connectivity index (χ1v) is 8.15. The van der Waals surface area contributed by atoms with E-state index in [0.717, 1.165) is 31.5 Å². The molecule has 1 aliphatic heterocycles. The molecule has 1 fully saturated rings. The van der Waals surface area contributed by atoms with Crippen molar-refractivity contribution in [2.24, 2.45) is 5.92 Å². The molecule has 0 unspecified atom stereocenters. The number of hydrogen-bond acceptors (Lipinski definition) is 2. The lowest BCUT2D eigenvalue weighted by Crippen LogP contribution is -2.47. The number of hydrogen-bond donors (Lipinski definition) is 1. The zero-order chi connectivity index (χ0) is 15.9. The Hall–Kier alpha value is -1.84. The summed E-state index contributed by atoms with van der Waals surface area (Å²) < 4.78 is 0. The highest BCUT2D eigenvalue weighted by Crippen LogP contribution is 2.13. The first kappa shape index (κ1) is 16.5. The van der Waals surface area contributed by atoms with Crippen molar-refractivity contribution in [1.82, 2.24) is 10.2 Å². The molecule has 1 aliphatic rings. The van der Waals surface area contributed by atoms with Crippen molar-refractivity contribution in [3.05, 3.63) is 35.9 Å². The fourth-order valence-corrected chi connectivity index (χ4v) is 2.81. The lowest BCUT2D eigenvalue weighted by molar-refractivity contribution is -0.131. The van der Waals surface area contributed by atoms with Crippen LogP contribution in [0.3, 0.4) is 0 Å². The standard InChI is InChI=1S/C18H26N2O2/c1-14(2)12-17(21)19-16-8-10-20(11-9-16)18(22)13-15-6-4-3-5-7-15/h3-7,14,16H,8-13H2,1-2H3,(H,19,21). The highest BCUT2D eigenvalue weighted by molar-refractivity contribution is 5.79. The summed E-state index contributed by atoms with van der Waals surface area (Å²) in [6.07, 6.45) is 2.74. The Morgan fingerprint density at radius 1 is 1.18 bits per heavy atom. The van der Waals surface area contributed by atoms with Crippen LogP contribution < -0.4 is 5.32 Å². The highest BCUT2D eigenvalue weighted by atomic mass is 16.2. The van der Waals surface area contributed by atoms with Crippen LogP contribution in [0.5, 0.6) is 0 Å². The smallest absolute Gasteiger partial charge is 0.226 e. The summed E-state index contributed by atoms with van der Waals surface area (Å²) in [5.74, 6) is 0.690. The van der Waals surface area contributed by atoms with Gasteiger partial charge in [-0.25, -0.2) is 0 Å². The Morgan fingerprint density at radius 3 is 2.41 bits per heavy atom. The zero-order valence-electron chi connectivity index (χ0n) is 13.5. The minimum Gasteiger partial charge on any atom is -0.353 e. The van der Waals surface area contributed by atoms with Crippen LogP contribution in [-0.4, -0.2) is 35.8 Å². The van der Waals surface area contributed by atoms with Crippen LogP contribution in [-0.2, 0) is 16.0 Å². The van der Waals surface area contributed by atoms with Gasteiger partial charge in [0.2, 0.25) is 11.8 Å². The van der Waals surface area contributed by atoms with Gasteiger partial charge in [-0.15, -0.1) is 0 Å². The number of nitrogens with one attached hydrogen (secondary N) is 1. The molecule has 1 heterocycles. The van der Waals surface area contributed by atoms with Gasteiger partial charge in [-0.3, -0.25) is 9.59 Å². The first-order valence-electron chi connectivity index (χ1n) is 8.15. The van der Waals surface area contributed by atoms with Gasteiger partial charge < -0.3 is 10.2 Å². The van der Waals surface area contributed by atoms with Crippen molar-refractivity contribution in [3.8, 4) is 0 Å². The second-order valence-corrected chi connectivity index (χ2v) is 6.48. The van der Waals surface area contributed by atoms with Crippen LogP contribution >= 0.6 is 0 Å². The fourth-order valence-electron chi connectivity index (χ4n) is 2.81. The van der Waals surface area contributed by atoms with Gasteiger partial charge in [0.15, 0.2) is 0 Å². The predicted molar refractivity (Wildman–Crippen MR) is 87.3 cm³/mol. The second kappa shape index (κ2) is 7.97. The van der Waals surface area contributed by atoms with Crippen LogP contribution in [0, 0.1) is 5.92 Å². The van der Waals surface area contributed by atoms with Gasteiger partial charge in [0.05, 0.1) is 6.42 Å². The van der Waals surface area contributed by atoms with Gasteiger partial charge in [0, 0.05) is 25.6 Å². The molecule has 0 aromatic heterocycles. The SMILES string of the molecule is CC(C)CC(=O)NC1CCN(C(=O)Cc2ccccc2)CC1. The van der Waals surface area contributed by atoms with Crippen LogP contribution in [0.25, 0.3) is 0 Å². The summed E-state index contributed by atoms with van der Waals surface area (Å²) in [5, 5.41) is 3.08. The molecule has 0 bridgehead atoms. The van der Waals surface area contributed by atoms with Crippen LogP contribution in [0.15, 0.2) is 30.3 Å². The number of likely N-dealkylation sites (tertiary alicyclic amines) is 1. The molecular weight excluding hydrogens is 276 g/mol. The Morgan fingerprint density at radius 2 is 1.82 bits per heavy atom. The molecule has 4 heteroatoms. The lowest BCUT2D eigenvalue weighted by Gasteiger charge is -2.32. The van der Waals surface area contributed by atoms with E-state index in [1.807, 2.05) is 49.1 Å². The minimum atomic E-state index is 0.129. The van der Waals surface area contributed by atoms with Gasteiger partial charge in [0.1, 0.15) is 0 Å². The molecule has 0 aliphatic carbocycles. The van der Waals surface area contributed by atoms with Crippen molar-refractivity contribution >= 4 is 11.8 Å². The third-order valence-corrected chi connectivity index (χ3v) is 4.00. The first-order chi connectivity index (χ1) is 10.5. The third-order valence-electron chi connectivity index (χ3n) is 4.00. The number of carbonyl (C=O) groups excluding carboxylic acids is 2. The molecule has 22 heavy (non-hydrogen) atoms. The van der Waals surface area contributed by atoms with E-state index < -0.39 is 0 Å². The molecule has 2 rings (SSSR count). The summed E-state index contributed by atoms with van der Waals surface area (Å²) in [5.41, 5.74) is 1.06. The van der Waals surface area contributed by atoms with Crippen molar-refractivity contribution < 1.29 is 9.59 Å². The second-order valence-electron chi connectivity index (χ2n) is 6.48. The average Bonchev–Trinajstić information content (AvgIpc) is 2.48. The third kappa shape index (κ3) is 5.17. The Labute approximate surface area is 132 Å². The molecule has 1 saturated heterocycles. The van der Waals surface area contributed by atoms with Crippen LogP contribution in [0.2, 0.25) is 0 Å². The van der Waals surface area contributed by atoms with Crippen molar-refractivity contribution in [3.63, 3.8) is 0 Å². The monoisotopic (exact) mass is 302 g/mol. The molecule has 1 aromatic carbocycles. The van der Waals surface area contributed by atoms with Gasteiger partial charge in [-0.2, -0.15) is 0 Å². The topological polar surface area (TPSA) is 49.4 Å². The summed E-state index contributed by atoms with van der Waals surface area (Å²) in [7, 11) is 0. The molecule has 1 aromatic rings. The number of amides is 2. The number of benzene rings is 1. The molecule has 0 spiro atoms. The summed E-state index contributed by atoms with van der Waals surface area (Å²) in [4.78, 5) is 26.0. The molecule has 1 N–H and O–H groups in total. The van der Waals surface area contributed by atoms with E-state index in [4.69, 9.17) is 0 Å².